The zero-order chi connectivity index (χ0) is 40.2. The molecule has 0 radical (unpaired) electrons. The molecular weight excluding hydrogens is 744 g/mol. The van der Waals surface area contributed by atoms with Gasteiger partial charge >= 0.3 is 0 Å². The predicted octanol–water partition coefficient (Wildman–Crippen LogP) is 2.76. The number of nitrogens with one attached hydrogen (secondary N) is 1. The summed E-state index contributed by atoms with van der Waals surface area (Å²) in [6.45, 7) is 10.4. The monoisotopic (exact) mass is 802 g/mol. The summed E-state index contributed by atoms with van der Waals surface area (Å²) < 4.78 is 65.7. The van der Waals surface area contributed by atoms with E-state index in [2.05, 4.69) is 5.32 Å². The molecule has 0 heterocycles. The summed E-state index contributed by atoms with van der Waals surface area (Å²) in [5.74, 6) is 0.656. The maximum Gasteiger partial charge on any atom is 0.299 e. The lowest BCUT2D eigenvalue weighted by molar-refractivity contribution is -0.393. The van der Waals surface area contributed by atoms with Crippen LogP contribution in [0.1, 0.15) is 0 Å². The van der Waals surface area contributed by atoms with Crippen LogP contribution in [0.15, 0.2) is 42.5 Å². The van der Waals surface area contributed by atoms with Crippen molar-refractivity contribution in [3.8, 4) is 5.75 Å². The highest BCUT2D eigenvalue weighted by molar-refractivity contribution is 5.65. The molecule has 0 fully saturated rings. The highest BCUT2D eigenvalue weighted by Crippen LogP contribution is 2.28. The van der Waals surface area contributed by atoms with Gasteiger partial charge in [-0.1, -0.05) is 12.1 Å². The number of benzene rings is 2. The topological polar surface area (TPSA) is 235 Å². The number of nitrogen functional groups attached to an aromatic ring is 1. The van der Waals surface area contributed by atoms with Gasteiger partial charge in [-0.05, 0) is 18.2 Å². The lowest BCUT2D eigenvalue weighted by Gasteiger charge is -2.10. The number of hydrogen-bond acceptors (Lipinski definition) is 18. The van der Waals surface area contributed by atoms with Gasteiger partial charge in [0.2, 0.25) is 0 Å². The van der Waals surface area contributed by atoms with Crippen LogP contribution in [-0.2, 0) is 52.1 Å². The smallest absolute Gasteiger partial charge is 0.299 e. The zero-order valence-electron chi connectivity index (χ0n) is 32.0. The number of ether oxygens (including phenoxy) is 12. The molecule has 0 aliphatic rings. The number of hydrogen-bond donors (Lipinski definition) is 2. The van der Waals surface area contributed by atoms with E-state index in [1.54, 1.807) is 6.07 Å². The van der Waals surface area contributed by atoms with Crippen LogP contribution < -0.4 is 15.8 Å². The molecule has 0 bridgehead atoms. The predicted molar refractivity (Wildman–Crippen MR) is 204 cm³/mol. The minimum absolute atomic E-state index is 0.183. The van der Waals surface area contributed by atoms with Crippen molar-refractivity contribution < 1.29 is 66.7 Å². The van der Waals surface area contributed by atoms with Crippen molar-refractivity contribution in [2.45, 2.75) is 0 Å². The summed E-state index contributed by atoms with van der Waals surface area (Å²) in [6, 6.07) is 10.8. The Morgan fingerprint density at radius 3 is 1.18 bits per heavy atom. The van der Waals surface area contributed by atoms with Crippen molar-refractivity contribution in [2.75, 3.05) is 170 Å². The van der Waals surface area contributed by atoms with Crippen molar-refractivity contribution in [1.29, 1.82) is 0 Å². The van der Waals surface area contributed by atoms with Gasteiger partial charge in [0.1, 0.15) is 18.0 Å². The van der Waals surface area contributed by atoms with Gasteiger partial charge in [-0.3, -0.25) is 20.2 Å². The Bertz CT molecular complexity index is 1280. The molecule has 0 saturated heterocycles. The summed E-state index contributed by atoms with van der Waals surface area (Å²) in [5.41, 5.74) is 5.89. The average molecular weight is 803 g/mol. The molecule has 0 aromatic heterocycles. The molecule has 0 aliphatic carbocycles. The van der Waals surface area contributed by atoms with Crippen LogP contribution in [0.3, 0.4) is 0 Å². The van der Waals surface area contributed by atoms with Gasteiger partial charge in [-0.2, -0.15) is 0 Å². The summed E-state index contributed by atoms with van der Waals surface area (Å²) >= 11 is 0. The Balaban J connectivity index is 1.18. The molecule has 0 aliphatic heterocycles. The molecule has 20 heteroatoms. The van der Waals surface area contributed by atoms with Crippen molar-refractivity contribution in [3.63, 3.8) is 0 Å². The molecule has 0 spiro atoms. The van der Waals surface area contributed by atoms with E-state index in [-0.39, 0.29) is 30.2 Å². The van der Waals surface area contributed by atoms with E-state index in [0.29, 0.717) is 157 Å². The molecule has 2 aromatic carbocycles. The minimum Gasteiger partial charge on any atom is -0.489 e. The standard InChI is InChI=1S/C36H58N4O16/c37-33-3-1-2-4-36(33)56-30-29-55-28-27-54-26-25-53-24-23-52-22-21-51-20-19-50-18-17-49-16-15-48-14-13-47-12-11-46-10-9-45-8-7-38-34-6-5-32(39(41)42)31-35(34)40(43)44/h1-6,31,38H,7-30,37H2. The van der Waals surface area contributed by atoms with Gasteiger partial charge in [0, 0.05) is 12.6 Å². The molecular formula is C36H58N4O16. The van der Waals surface area contributed by atoms with Gasteiger partial charge in [0.15, 0.2) is 0 Å². The van der Waals surface area contributed by atoms with Gasteiger partial charge in [-0.25, -0.2) is 0 Å². The van der Waals surface area contributed by atoms with Crippen molar-refractivity contribution in [3.05, 3.63) is 62.7 Å². The third-order valence-electron chi connectivity index (χ3n) is 7.08. The Kier molecular flexibility index (Phi) is 29.7. The molecule has 0 atom stereocenters. The Labute approximate surface area is 327 Å². The number of rotatable bonds is 40. The van der Waals surface area contributed by atoms with Gasteiger partial charge < -0.3 is 67.9 Å². The molecule has 56 heavy (non-hydrogen) atoms. The van der Waals surface area contributed by atoms with Crippen molar-refractivity contribution >= 4 is 22.7 Å². The van der Waals surface area contributed by atoms with Crippen LogP contribution in [0, 0.1) is 20.2 Å². The second-order valence-corrected chi connectivity index (χ2v) is 11.3. The number of non-ortho nitro benzene ring substituents is 1. The first-order valence-electron chi connectivity index (χ1n) is 18.5. The maximum atomic E-state index is 11.2. The normalized spacial score (nSPS) is 11.2. The molecule has 0 amide bonds. The first-order chi connectivity index (χ1) is 27.5. The van der Waals surface area contributed by atoms with E-state index >= 15 is 0 Å². The average Bonchev–Trinajstić information content (AvgIpc) is 3.19. The first-order valence-corrected chi connectivity index (χ1v) is 18.5. The Morgan fingerprint density at radius 1 is 0.464 bits per heavy atom. The molecule has 318 valence electrons. The van der Waals surface area contributed by atoms with Crippen LogP contribution in [0.4, 0.5) is 22.7 Å². The zero-order valence-corrected chi connectivity index (χ0v) is 32.0. The molecule has 0 unspecified atom stereocenters. The van der Waals surface area contributed by atoms with Gasteiger partial charge in [-0.15, -0.1) is 0 Å². The van der Waals surface area contributed by atoms with E-state index in [1.807, 2.05) is 18.2 Å². The largest absolute Gasteiger partial charge is 0.489 e. The number of nitrogens with two attached hydrogens (primary N) is 1. The summed E-state index contributed by atoms with van der Waals surface area (Å²) in [4.78, 5) is 20.6. The summed E-state index contributed by atoms with van der Waals surface area (Å²) in [6.07, 6.45) is 0. The van der Waals surface area contributed by atoms with Crippen LogP contribution in [0.25, 0.3) is 0 Å². The summed E-state index contributed by atoms with van der Waals surface area (Å²) in [7, 11) is 0. The van der Waals surface area contributed by atoms with E-state index in [1.165, 1.54) is 12.1 Å². The SMILES string of the molecule is Nc1ccccc1OCCOCCOCCOCCOCCOCCOCCOCCOCCOCCOCCOCCNc1ccc([N+](=O)[O-])cc1[N+](=O)[O-]. The third-order valence-corrected chi connectivity index (χ3v) is 7.08. The molecule has 20 nitrogen and oxygen atoms in total. The van der Waals surface area contributed by atoms with Crippen LogP contribution in [-0.4, -0.2) is 168 Å². The Hall–Kier alpha value is -3.80. The van der Waals surface area contributed by atoms with Crippen LogP contribution in [0.5, 0.6) is 5.75 Å². The first kappa shape index (κ1) is 48.3. The fraction of sp³-hybridized carbons (Fsp3) is 0.667. The molecule has 0 saturated carbocycles. The molecule has 2 aromatic rings. The minimum atomic E-state index is -0.682. The van der Waals surface area contributed by atoms with E-state index in [0.717, 1.165) is 6.07 Å². The number of para-hydroxylation sites is 2. The third kappa shape index (κ3) is 26.1. The highest BCUT2D eigenvalue weighted by Gasteiger charge is 2.19. The van der Waals surface area contributed by atoms with E-state index in [9.17, 15) is 20.2 Å². The summed E-state index contributed by atoms with van der Waals surface area (Å²) in [5, 5.41) is 24.8. The maximum absolute atomic E-state index is 11.2. The molecule has 2 rings (SSSR count). The second-order valence-electron chi connectivity index (χ2n) is 11.3. The number of anilines is 2. The quantitative estimate of drug-likeness (QED) is 0.0426. The fourth-order valence-electron chi connectivity index (χ4n) is 4.32. The number of nitro groups is 2. The van der Waals surface area contributed by atoms with Crippen molar-refractivity contribution in [2.24, 2.45) is 0 Å². The number of nitrogens with zero attached hydrogens (tertiary/aromatic N) is 2. The van der Waals surface area contributed by atoms with Crippen LogP contribution >= 0.6 is 0 Å². The number of nitro benzene ring substituents is 2. The Morgan fingerprint density at radius 2 is 0.821 bits per heavy atom. The van der Waals surface area contributed by atoms with Crippen molar-refractivity contribution in [1.82, 2.24) is 0 Å². The fourth-order valence-corrected chi connectivity index (χ4v) is 4.32. The van der Waals surface area contributed by atoms with E-state index < -0.39 is 9.85 Å². The van der Waals surface area contributed by atoms with Crippen LogP contribution in [0.2, 0.25) is 0 Å². The molecule has 3 N–H and O–H groups in total. The second kappa shape index (κ2) is 34.4. The van der Waals surface area contributed by atoms with Gasteiger partial charge in [0.05, 0.1) is 167 Å². The lowest BCUT2D eigenvalue weighted by atomic mass is 10.2. The lowest BCUT2D eigenvalue weighted by Crippen LogP contribution is -2.16. The highest BCUT2D eigenvalue weighted by atomic mass is 16.6. The van der Waals surface area contributed by atoms with E-state index in [4.69, 9.17) is 62.6 Å². The van der Waals surface area contributed by atoms with Gasteiger partial charge in [0.25, 0.3) is 11.4 Å².